The molecular weight excluding hydrogens is 392 g/mol. The molecule has 0 spiro atoms. The second-order valence-electron chi connectivity index (χ2n) is 6.33. The van der Waals surface area contributed by atoms with Gasteiger partial charge in [-0.25, -0.2) is 5.01 Å². The summed E-state index contributed by atoms with van der Waals surface area (Å²) in [7, 11) is 3.00. The van der Waals surface area contributed by atoms with E-state index in [1.54, 1.807) is 54.6 Å². The normalized spacial score (nSPS) is 16.0. The Morgan fingerprint density at radius 1 is 1.10 bits per heavy atom. The standard InChI is InChI=1S/C20H20N4O4S/c1-23-19(27)15(12-17(25)21-14-10-6-7-11-16(14)28-2)24(20(23)29)22-18(26)13-8-4-3-5-9-13/h3-11,15H,12H2,1-2H3,(H,21,25)(H,22,26). The van der Waals surface area contributed by atoms with Crippen LogP contribution in [-0.2, 0) is 9.59 Å². The van der Waals surface area contributed by atoms with Gasteiger partial charge in [0.15, 0.2) is 5.11 Å². The molecule has 1 saturated heterocycles. The largest absolute Gasteiger partial charge is 0.495 e. The fraction of sp³-hybridized carbons (Fsp3) is 0.200. The van der Waals surface area contributed by atoms with Gasteiger partial charge in [0.1, 0.15) is 11.8 Å². The number of hydrogen-bond donors (Lipinski definition) is 2. The second kappa shape index (κ2) is 8.70. The maximum absolute atomic E-state index is 12.6. The minimum absolute atomic E-state index is 0.120. The van der Waals surface area contributed by atoms with Gasteiger partial charge >= 0.3 is 0 Å². The zero-order chi connectivity index (χ0) is 21.0. The highest BCUT2D eigenvalue weighted by Crippen LogP contribution is 2.24. The van der Waals surface area contributed by atoms with Crippen molar-refractivity contribution in [1.29, 1.82) is 0 Å². The van der Waals surface area contributed by atoms with E-state index in [2.05, 4.69) is 10.7 Å². The average Bonchev–Trinajstić information content (AvgIpc) is 2.93. The highest BCUT2D eigenvalue weighted by molar-refractivity contribution is 7.80. The maximum Gasteiger partial charge on any atom is 0.269 e. The lowest BCUT2D eigenvalue weighted by Gasteiger charge is -2.24. The van der Waals surface area contributed by atoms with Crippen molar-refractivity contribution in [3.63, 3.8) is 0 Å². The zero-order valence-corrected chi connectivity index (χ0v) is 16.7. The fourth-order valence-corrected chi connectivity index (χ4v) is 3.18. The number of carbonyl (C=O) groups is 3. The Morgan fingerprint density at radius 3 is 2.45 bits per heavy atom. The molecule has 2 aromatic carbocycles. The van der Waals surface area contributed by atoms with Crippen molar-refractivity contribution in [2.75, 3.05) is 19.5 Å². The fourth-order valence-electron chi connectivity index (χ4n) is 2.92. The van der Waals surface area contributed by atoms with Crippen molar-refractivity contribution in [3.8, 4) is 5.75 Å². The number of nitrogens with zero attached hydrogens (tertiary/aromatic N) is 2. The quantitative estimate of drug-likeness (QED) is 0.703. The number of para-hydroxylation sites is 2. The molecule has 1 aliphatic rings. The van der Waals surface area contributed by atoms with Crippen LogP contribution >= 0.6 is 12.2 Å². The van der Waals surface area contributed by atoms with Crippen molar-refractivity contribution in [2.24, 2.45) is 0 Å². The zero-order valence-electron chi connectivity index (χ0n) is 15.9. The number of anilines is 1. The molecule has 1 fully saturated rings. The van der Waals surface area contributed by atoms with E-state index in [-0.39, 0.29) is 17.4 Å². The molecule has 0 saturated carbocycles. The molecule has 0 bridgehead atoms. The van der Waals surface area contributed by atoms with Crippen LogP contribution in [0.25, 0.3) is 0 Å². The SMILES string of the molecule is COc1ccccc1NC(=O)CC1C(=O)N(C)C(=S)N1NC(=O)c1ccccc1. The summed E-state index contributed by atoms with van der Waals surface area (Å²) in [6.45, 7) is 0. The molecule has 3 amide bonds. The van der Waals surface area contributed by atoms with Gasteiger partial charge in [-0.2, -0.15) is 0 Å². The molecule has 1 aliphatic heterocycles. The van der Waals surface area contributed by atoms with E-state index in [4.69, 9.17) is 17.0 Å². The van der Waals surface area contributed by atoms with Crippen molar-refractivity contribution < 1.29 is 19.1 Å². The molecule has 29 heavy (non-hydrogen) atoms. The summed E-state index contributed by atoms with van der Waals surface area (Å²) in [6, 6.07) is 14.5. The third-order valence-corrected chi connectivity index (χ3v) is 4.91. The van der Waals surface area contributed by atoms with Crippen LogP contribution in [0.15, 0.2) is 54.6 Å². The van der Waals surface area contributed by atoms with Crippen LogP contribution in [0.3, 0.4) is 0 Å². The van der Waals surface area contributed by atoms with Gasteiger partial charge in [-0.05, 0) is 36.5 Å². The number of ether oxygens (including phenoxy) is 1. The lowest BCUT2D eigenvalue weighted by molar-refractivity contribution is -0.130. The number of carbonyl (C=O) groups excluding carboxylic acids is 3. The Balaban J connectivity index is 1.74. The molecule has 1 atom stereocenters. The molecular formula is C20H20N4O4S. The molecule has 9 heteroatoms. The molecule has 0 radical (unpaired) electrons. The van der Waals surface area contributed by atoms with Gasteiger partial charge < -0.3 is 10.1 Å². The lowest BCUT2D eigenvalue weighted by Crippen LogP contribution is -2.49. The first-order valence-electron chi connectivity index (χ1n) is 8.82. The van der Waals surface area contributed by atoms with Crippen molar-refractivity contribution in [3.05, 3.63) is 60.2 Å². The van der Waals surface area contributed by atoms with Gasteiger partial charge in [-0.15, -0.1) is 0 Å². The second-order valence-corrected chi connectivity index (χ2v) is 6.69. The Labute approximate surface area is 173 Å². The van der Waals surface area contributed by atoms with E-state index in [0.29, 0.717) is 17.0 Å². The lowest BCUT2D eigenvalue weighted by atomic mass is 10.1. The van der Waals surface area contributed by atoms with Crippen LogP contribution in [0.5, 0.6) is 5.75 Å². The van der Waals surface area contributed by atoms with E-state index in [9.17, 15) is 14.4 Å². The highest BCUT2D eigenvalue weighted by atomic mass is 32.1. The number of benzene rings is 2. The Kier molecular flexibility index (Phi) is 6.08. The molecule has 2 aromatic rings. The van der Waals surface area contributed by atoms with Crippen LogP contribution < -0.4 is 15.5 Å². The van der Waals surface area contributed by atoms with E-state index in [0.717, 1.165) is 0 Å². The molecule has 3 rings (SSSR count). The number of nitrogens with one attached hydrogen (secondary N) is 2. The molecule has 1 unspecified atom stereocenters. The van der Waals surface area contributed by atoms with Gasteiger partial charge in [-0.3, -0.25) is 24.7 Å². The molecule has 8 nitrogen and oxygen atoms in total. The molecule has 0 aliphatic carbocycles. The maximum atomic E-state index is 12.6. The number of methoxy groups -OCH3 is 1. The summed E-state index contributed by atoms with van der Waals surface area (Å²) in [5.74, 6) is -0.713. The Bertz CT molecular complexity index is 951. The summed E-state index contributed by atoms with van der Waals surface area (Å²) < 4.78 is 5.22. The van der Waals surface area contributed by atoms with Gasteiger partial charge in [0.2, 0.25) is 5.91 Å². The number of rotatable bonds is 6. The third kappa shape index (κ3) is 4.35. The molecule has 2 N–H and O–H groups in total. The number of hydrogen-bond acceptors (Lipinski definition) is 5. The topological polar surface area (TPSA) is 91.0 Å². The van der Waals surface area contributed by atoms with Crippen molar-refractivity contribution in [2.45, 2.75) is 12.5 Å². The summed E-state index contributed by atoms with van der Waals surface area (Å²) >= 11 is 5.27. The average molecular weight is 412 g/mol. The molecule has 0 aromatic heterocycles. The molecule has 1 heterocycles. The third-order valence-electron chi connectivity index (χ3n) is 4.44. The van der Waals surface area contributed by atoms with Gasteiger partial charge in [-0.1, -0.05) is 30.3 Å². The summed E-state index contributed by atoms with van der Waals surface area (Å²) in [4.78, 5) is 38.9. The van der Waals surface area contributed by atoms with Crippen LogP contribution in [0.4, 0.5) is 5.69 Å². The van der Waals surface area contributed by atoms with Gasteiger partial charge in [0, 0.05) is 12.6 Å². The van der Waals surface area contributed by atoms with Crippen molar-refractivity contribution >= 4 is 40.7 Å². The van der Waals surface area contributed by atoms with E-state index in [1.165, 1.54) is 24.1 Å². The summed E-state index contributed by atoms with van der Waals surface area (Å²) in [6.07, 6.45) is -0.198. The first kappa shape index (κ1) is 20.3. The first-order chi connectivity index (χ1) is 13.9. The van der Waals surface area contributed by atoms with Gasteiger partial charge in [0.05, 0.1) is 19.2 Å². The molecule has 150 valence electrons. The van der Waals surface area contributed by atoms with Crippen LogP contribution in [0.1, 0.15) is 16.8 Å². The summed E-state index contributed by atoms with van der Waals surface area (Å²) in [5.41, 5.74) is 3.53. The Morgan fingerprint density at radius 2 is 1.76 bits per heavy atom. The number of hydrazine groups is 1. The van der Waals surface area contributed by atoms with E-state index >= 15 is 0 Å². The number of thiocarbonyl (C=S) groups is 1. The first-order valence-corrected chi connectivity index (χ1v) is 9.23. The minimum Gasteiger partial charge on any atom is -0.495 e. The van der Waals surface area contributed by atoms with Crippen LogP contribution in [0.2, 0.25) is 0 Å². The van der Waals surface area contributed by atoms with Crippen molar-refractivity contribution in [1.82, 2.24) is 15.3 Å². The number of likely N-dealkylation sites (N-methyl/N-ethyl adjacent to an activating group) is 1. The Hall–Kier alpha value is -3.46. The minimum atomic E-state index is -0.949. The summed E-state index contributed by atoms with van der Waals surface area (Å²) in [5, 5.41) is 4.11. The highest BCUT2D eigenvalue weighted by Gasteiger charge is 2.42. The van der Waals surface area contributed by atoms with Crippen LogP contribution in [-0.4, -0.2) is 52.9 Å². The number of amides is 3. The van der Waals surface area contributed by atoms with Gasteiger partial charge in [0.25, 0.3) is 11.8 Å². The predicted molar refractivity (Wildman–Crippen MR) is 111 cm³/mol. The predicted octanol–water partition coefficient (Wildman–Crippen LogP) is 1.80. The van der Waals surface area contributed by atoms with Crippen LogP contribution in [0, 0.1) is 0 Å². The smallest absolute Gasteiger partial charge is 0.269 e. The van der Waals surface area contributed by atoms with E-state index < -0.39 is 17.9 Å². The monoisotopic (exact) mass is 412 g/mol. The van der Waals surface area contributed by atoms with E-state index in [1.807, 2.05) is 0 Å².